The van der Waals surface area contributed by atoms with Crippen LogP contribution in [0.25, 0.3) is 0 Å². The van der Waals surface area contributed by atoms with Gasteiger partial charge in [0.25, 0.3) is 0 Å². The van der Waals surface area contributed by atoms with Crippen LogP contribution in [-0.2, 0) is 11.2 Å². The minimum Gasteiger partial charge on any atom is -0.356 e. The third-order valence-corrected chi connectivity index (χ3v) is 2.89. The van der Waals surface area contributed by atoms with Crippen molar-refractivity contribution >= 4 is 11.7 Å². The second-order valence-corrected chi connectivity index (χ2v) is 4.11. The zero-order valence-corrected chi connectivity index (χ0v) is 9.85. The molecule has 0 saturated carbocycles. The number of aromatic nitrogens is 1. The topological polar surface area (TPSA) is 45.2 Å². The molecule has 1 aliphatic rings. The molecule has 4 heteroatoms. The molecular weight excluding hydrogens is 214 g/mol. The molecule has 0 unspecified atom stereocenters. The summed E-state index contributed by atoms with van der Waals surface area (Å²) in [5.41, 5.74) is 1.14. The Bertz CT molecular complexity index is 396. The van der Waals surface area contributed by atoms with E-state index in [4.69, 9.17) is 0 Å². The first-order valence-corrected chi connectivity index (χ1v) is 5.90. The third kappa shape index (κ3) is 3.06. The highest BCUT2D eigenvalue weighted by Gasteiger charge is 2.14. The predicted octanol–water partition coefficient (Wildman–Crippen LogP) is 1.14. The van der Waals surface area contributed by atoms with E-state index in [9.17, 15) is 4.79 Å². The minimum absolute atomic E-state index is 0.129. The lowest BCUT2D eigenvalue weighted by Gasteiger charge is -2.31. The summed E-state index contributed by atoms with van der Waals surface area (Å²) in [5.74, 6) is 0.922. The average molecular weight is 231 g/mol. The molecule has 0 bridgehead atoms. The van der Waals surface area contributed by atoms with Gasteiger partial charge in [-0.1, -0.05) is 12.6 Å². The monoisotopic (exact) mass is 231 g/mol. The molecule has 1 amide bonds. The van der Waals surface area contributed by atoms with Crippen LogP contribution in [0.1, 0.15) is 12.0 Å². The van der Waals surface area contributed by atoms with Crippen molar-refractivity contribution in [2.75, 3.05) is 24.5 Å². The average Bonchev–Trinajstić information content (AvgIpc) is 2.29. The zero-order valence-electron chi connectivity index (χ0n) is 9.85. The van der Waals surface area contributed by atoms with Gasteiger partial charge in [0, 0.05) is 25.8 Å². The number of nitrogens with zero attached hydrogens (tertiary/aromatic N) is 2. The minimum atomic E-state index is -0.129. The Labute approximate surface area is 101 Å². The van der Waals surface area contributed by atoms with Gasteiger partial charge in [0.15, 0.2) is 0 Å². The molecule has 1 N–H and O–H groups in total. The van der Waals surface area contributed by atoms with Crippen molar-refractivity contribution in [3.05, 3.63) is 36.5 Å². The van der Waals surface area contributed by atoms with Crippen LogP contribution in [0.4, 0.5) is 5.82 Å². The van der Waals surface area contributed by atoms with Crippen LogP contribution in [0, 0.1) is 0 Å². The lowest BCUT2D eigenvalue weighted by atomic mass is 10.2. The van der Waals surface area contributed by atoms with Gasteiger partial charge in [-0.2, -0.15) is 0 Å². The molecule has 1 aromatic rings. The molecule has 4 nitrogen and oxygen atoms in total. The number of nitrogens with one attached hydrogen (secondary N) is 1. The summed E-state index contributed by atoms with van der Waals surface area (Å²) in [7, 11) is 0. The Morgan fingerprint density at radius 1 is 1.53 bits per heavy atom. The molecule has 1 aliphatic heterocycles. The Kier molecular flexibility index (Phi) is 3.75. The number of amides is 1. The van der Waals surface area contributed by atoms with Crippen LogP contribution in [0.3, 0.4) is 0 Å². The standard InChI is InChI=1S/C13H17N3O/c1-2-13(17)14-7-6-11-4-5-12(15-10-11)16-8-3-9-16/h2,4-5,10H,1,3,6-9H2,(H,14,17). The Hall–Kier alpha value is -1.84. The van der Waals surface area contributed by atoms with Crippen LogP contribution in [0.2, 0.25) is 0 Å². The third-order valence-electron chi connectivity index (χ3n) is 2.89. The van der Waals surface area contributed by atoms with E-state index in [2.05, 4.69) is 27.8 Å². The lowest BCUT2D eigenvalue weighted by Crippen LogP contribution is -2.37. The van der Waals surface area contributed by atoms with E-state index in [0.717, 1.165) is 30.9 Å². The van der Waals surface area contributed by atoms with E-state index in [1.54, 1.807) is 0 Å². The summed E-state index contributed by atoms with van der Waals surface area (Å²) in [6.07, 6.45) is 5.23. The molecule has 0 aromatic carbocycles. The van der Waals surface area contributed by atoms with Gasteiger partial charge < -0.3 is 10.2 Å². The second-order valence-electron chi connectivity index (χ2n) is 4.11. The second kappa shape index (κ2) is 5.48. The van der Waals surface area contributed by atoms with E-state index < -0.39 is 0 Å². The number of carbonyl (C=O) groups excluding carboxylic acids is 1. The molecule has 1 aromatic heterocycles. The quantitative estimate of drug-likeness (QED) is 0.773. The van der Waals surface area contributed by atoms with Gasteiger partial charge in [-0.25, -0.2) is 4.98 Å². The summed E-state index contributed by atoms with van der Waals surface area (Å²) in [5, 5.41) is 2.75. The summed E-state index contributed by atoms with van der Waals surface area (Å²) in [6, 6.07) is 4.12. The summed E-state index contributed by atoms with van der Waals surface area (Å²) in [6.45, 7) is 6.25. The maximum Gasteiger partial charge on any atom is 0.243 e. The van der Waals surface area contributed by atoms with Gasteiger partial charge in [-0.05, 0) is 30.5 Å². The highest BCUT2D eigenvalue weighted by Crippen LogP contribution is 2.17. The lowest BCUT2D eigenvalue weighted by molar-refractivity contribution is -0.116. The van der Waals surface area contributed by atoms with Crippen molar-refractivity contribution in [1.29, 1.82) is 0 Å². The maximum atomic E-state index is 10.9. The van der Waals surface area contributed by atoms with Crippen molar-refractivity contribution in [1.82, 2.24) is 10.3 Å². The number of hydrogen-bond donors (Lipinski definition) is 1. The zero-order chi connectivity index (χ0) is 12.1. The number of anilines is 1. The molecule has 0 atom stereocenters. The van der Waals surface area contributed by atoms with Gasteiger partial charge in [0.2, 0.25) is 5.91 Å². The van der Waals surface area contributed by atoms with Crippen LogP contribution in [0.5, 0.6) is 0 Å². The van der Waals surface area contributed by atoms with Gasteiger partial charge in [0.1, 0.15) is 5.82 Å². The van der Waals surface area contributed by atoms with Crippen LogP contribution in [0.15, 0.2) is 31.0 Å². The smallest absolute Gasteiger partial charge is 0.243 e. The molecule has 17 heavy (non-hydrogen) atoms. The first-order chi connectivity index (χ1) is 8.29. The van der Waals surface area contributed by atoms with E-state index in [-0.39, 0.29) is 5.91 Å². The van der Waals surface area contributed by atoms with E-state index in [0.29, 0.717) is 6.54 Å². The number of pyridine rings is 1. The molecule has 2 rings (SSSR count). The van der Waals surface area contributed by atoms with Gasteiger partial charge >= 0.3 is 0 Å². The van der Waals surface area contributed by atoms with Gasteiger partial charge in [-0.3, -0.25) is 4.79 Å². The highest BCUT2D eigenvalue weighted by molar-refractivity contribution is 5.86. The van der Waals surface area contributed by atoms with E-state index >= 15 is 0 Å². The Morgan fingerprint density at radius 2 is 2.35 bits per heavy atom. The summed E-state index contributed by atoms with van der Waals surface area (Å²) in [4.78, 5) is 17.6. The largest absolute Gasteiger partial charge is 0.356 e. The van der Waals surface area contributed by atoms with Crippen molar-refractivity contribution < 1.29 is 4.79 Å². The summed E-state index contributed by atoms with van der Waals surface area (Å²) < 4.78 is 0. The SMILES string of the molecule is C=CC(=O)NCCc1ccc(N2CCC2)nc1. The molecule has 1 saturated heterocycles. The normalized spacial score (nSPS) is 14.0. The first kappa shape index (κ1) is 11.6. The Morgan fingerprint density at radius 3 is 2.88 bits per heavy atom. The number of carbonyl (C=O) groups is 1. The van der Waals surface area contributed by atoms with Crippen LogP contribution >= 0.6 is 0 Å². The first-order valence-electron chi connectivity index (χ1n) is 5.90. The molecule has 2 heterocycles. The molecule has 1 fully saturated rings. The highest BCUT2D eigenvalue weighted by atomic mass is 16.1. The van der Waals surface area contributed by atoms with Crippen molar-refractivity contribution in [3.63, 3.8) is 0 Å². The molecule has 0 radical (unpaired) electrons. The van der Waals surface area contributed by atoms with Crippen molar-refractivity contribution in [2.24, 2.45) is 0 Å². The maximum absolute atomic E-state index is 10.9. The van der Waals surface area contributed by atoms with Crippen molar-refractivity contribution in [2.45, 2.75) is 12.8 Å². The van der Waals surface area contributed by atoms with E-state index in [1.165, 1.54) is 12.5 Å². The fourth-order valence-electron chi connectivity index (χ4n) is 1.70. The number of hydrogen-bond acceptors (Lipinski definition) is 3. The number of rotatable bonds is 5. The fourth-order valence-corrected chi connectivity index (χ4v) is 1.70. The fraction of sp³-hybridized carbons (Fsp3) is 0.385. The predicted molar refractivity (Wildman–Crippen MR) is 68.0 cm³/mol. The Balaban J connectivity index is 1.81. The summed E-state index contributed by atoms with van der Waals surface area (Å²) >= 11 is 0. The van der Waals surface area contributed by atoms with Gasteiger partial charge in [0.05, 0.1) is 0 Å². The molecular formula is C13H17N3O. The van der Waals surface area contributed by atoms with Crippen LogP contribution in [-0.4, -0.2) is 30.5 Å². The van der Waals surface area contributed by atoms with Crippen LogP contribution < -0.4 is 10.2 Å². The van der Waals surface area contributed by atoms with Gasteiger partial charge in [-0.15, -0.1) is 0 Å². The van der Waals surface area contributed by atoms with Crippen molar-refractivity contribution in [3.8, 4) is 0 Å². The molecule has 90 valence electrons. The molecule has 0 aliphatic carbocycles. The molecule has 0 spiro atoms. The van der Waals surface area contributed by atoms with E-state index in [1.807, 2.05) is 12.3 Å².